The molecule has 0 saturated carbocycles. The molecule has 0 fully saturated rings. The lowest BCUT2D eigenvalue weighted by atomic mass is 10.0. The van der Waals surface area contributed by atoms with Gasteiger partial charge in [0.05, 0.1) is 12.6 Å². The first-order valence-electron chi connectivity index (χ1n) is 13.9. The molecular weight excluding hydrogens is 604 g/mol. The molecule has 0 aliphatic carbocycles. The second-order valence-corrected chi connectivity index (χ2v) is 11.2. The van der Waals surface area contributed by atoms with E-state index in [9.17, 15) is 43.5 Å². The zero-order valence-corrected chi connectivity index (χ0v) is 26.0. The molecule has 0 spiro atoms. The zero-order chi connectivity index (χ0) is 34.1. The largest absolute Gasteiger partial charge is 0.481 e. The third-order valence-corrected chi connectivity index (χ3v) is 6.47. The van der Waals surface area contributed by atoms with Crippen molar-refractivity contribution in [2.45, 2.75) is 90.0 Å². The molecule has 0 saturated heterocycles. The maximum Gasteiger partial charge on any atom is 0.326 e. The number of amides is 5. The van der Waals surface area contributed by atoms with E-state index in [4.69, 9.17) is 15.9 Å². The predicted molar refractivity (Wildman–Crippen MR) is 158 cm³/mol. The Kier molecular flexibility index (Phi) is 18.3. The Hall–Kier alpha value is -3.93. The number of carboxylic acid groups (broad SMARTS) is 3. The molecule has 10 N–H and O–H groups in total. The monoisotopic (exact) mass is 648 g/mol. The number of hydrogen-bond acceptors (Lipinski definition) is 10. The van der Waals surface area contributed by atoms with E-state index in [0.29, 0.717) is 6.42 Å². The molecule has 5 unspecified atom stereocenters. The van der Waals surface area contributed by atoms with E-state index in [0.717, 1.165) is 0 Å². The summed E-state index contributed by atoms with van der Waals surface area (Å²) in [6.45, 7) is 6.05. The fraction of sp³-hybridized carbons (Fsp3) is 0.692. The van der Waals surface area contributed by atoms with Crippen LogP contribution in [0.25, 0.3) is 0 Å². The Morgan fingerprint density at radius 3 is 1.59 bits per heavy atom. The van der Waals surface area contributed by atoms with Gasteiger partial charge < -0.3 is 47.6 Å². The van der Waals surface area contributed by atoms with Gasteiger partial charge >= 0.3 is 17.9 Å². The molecule has 0 rings (SSSR count). The van der Waals surface area contributed by atoms with Gasteiger partial charge in [-0.15, -0.1) is 0 Å². The summed E-state index contributed by atoms with van der Waals surface area (Å²) in [6, 6.07) is -6.39. The molecule has 0 aliphatic heterocycles. The molecule has 0 aromatic heterocycles. The first kappa shape index (κ1) is 40.1. The Balaban J connectivity index is 5.50. The summed E-state index contributed by atoms with van der Waals surface area (Å²) in [7, 11) is 0. The molecule has 44 heavy (non-hydrogen) atoms. The lowest BCUT2D eigenvalue weighted by Crippen LogP contribution is -2.58. The number of aliphatic carboxylic acids is 3. The maximum absolute atomic E-state index is 12.9. The van der Waals surface area contributed by atoms with Crippen LogP contribution in [0.2, 0.25) is 0 Å². The first-order chi connectivity index (χ1) is 20.4. The molecule has 0 radical (unpaired) electrons. The van der Waals surface area contributed by atoms with Crippen LogP contribution in [0.4, 0.5) is 0 Å². The highest BCUT2D eigenvalue weighted by Crippen LogP contribution is 2.06. The van der Waals surface area contributed by atoms with Crippen molar-refractivity contribution in [3.63, 3.8) is 0 Å². The van der Waals surface area contributed by atoms with Crippen LogP contribution in [0, 0.1) is 11.8 Å². The Labute approximate surface area is 260 Å². The quantitative estimate of drug-likeness (QED) is 0.0595. The van der Waals surface area contributed by atoms with Crippen LogP contribution in [0.3, 0.4) is 0 Å². The van der Waals surface area contributed by atoms with Crippen molar-refractivity contribution in [2.24, 2.45) is 17.6 Å². The minimum Gasteiger partial charge on any atom is -0.481 e. The molecular formula is C26H44N6O11S. The number of rotatable bonds is 21. The number of thiol groups is 1. The minimum absolute atomic E-state index is 0.0659. The average molecular weight is 649 g/mol. The van der Waals surface area contributed by atoms with Gasteiger partial charge in [-0.2, -0.15) is 12.6 Å². The summed E-state index contributed by atoms with van der Waals surface area (Å²) in [5, 5.41) is 38.8. The van der Waals surface area contributed by atoms with Crippen molar-refractivity contribution in [1.82, 2.24) is 26.6 Å². The third-order valence-electron chi connectivity index (χ3n) is 6.11. The maximum atomic E-state index is 12.9. The van der Waals surface area contributed by atoms with Gasteiger partial charge in [0, 0.05) is 18.6 Å². The second kappa shape index (κ2) is 20.1. The Morgan fingerprint density at radius 2 is 1.16 bits per heavy atom. The molecule has 5 amide bonds. The molecule has 250 valence electrons. The van der Waals surface area contributed by atoms with Crippen molar-refractivity contribution < 1.29 is 53.7 Å². The summed E-state index contributed by atoms with van der Waals surface area (Å²) in [6.07, 6.45) is -1.45. The summed E-state index contributed by atoms with van der Waals surface area (Å²) < 4.78 is 0. The first-order valence-corrected chi connectivity index (χ1v) is 14.5. The van der Waals surface area contributed by atoms with Gasteiger partial charge in [-0.05, 0) is 31.1 Å². The summed E-state index contributed by atoms with van der Waals surface area (Å²) in [5.41, 5.74) is 5.83. The lowest BCUT2D eigenvalue weighted by molar-refractivity contribution is -0.143. The highest BCUT2D eigenvalue weighted by Gasteiger charge is 2.31. The van der Waals surface area contributed by atoms with Crippen LogP contribution in [-0.2, 0) is 38.4 Å². The van der Waals surface area contributed by atoms with Crippen LogP contribution in [0.5, 0.6) is 0 Å². The normalized spacial score (nSPS) is 14.4. The number of hydrogen-bond donors (Lipinski definition) is 10. The summed E-state index contributed by atoms with van der Waals surface area (Å²) in [5.74, 6) is -8.87. The zero-order valence-electron chi connectivity index (χ0n) is 25.1. The standard InChI is InChI=1S/C26H44N6O11S/c1-12(2)9-14(27)22(38)30-15(5-7-19(34)35)23(39)28-10-18(33)29-16(6-8-20(36)37)24(40)31-17(11-44)25(41)32-21(13(3)4)26(42)43/h12-17,21,44H,5-11,27H2,1-4H3,(H,28,39)(H,29,33)(H,30,38)(H,31,40)(H,32,41)(H,34,35)(H,36,37)(H,42,43). The van der Waals surface area contributed by atoms with Gasteiger partial charge in [-0.25, -0.2) is 4.79 Å². The van der Waals surface area contributed by atoms with E-state index in [-0.39, 0.29) is 18.1 Å². The van der Waals surface area contributed by atoms with E-state index < -0.39 is 109 Å². The number of carbonyl (C=O) groups excluding carboxylic acids is 5. The van der Waals surface area contributed by atoms with E-state index in [2.05, 4.69) is 39.2 Å². The van der Waals surface area contributed by atoms with Crippen LogP contribution < -0.4 is 32.3 Å². The van der Waals surface area contributed by atoms with Crippen LogP contribution >= 0.6 is 12.6 Å². The smallest absolute Gasteiger partial charge is 0.326 e. The summed E-state index contributed by atoms with van der Waals surface area (Å²) in [4.78, 5) is 96.9. The van der Waals surface area contributed by atoms with Gasteiger partial charge in [0.25, 0.3) is 0 Å². The number of nitrogens with one attached hydrogen (secondary N) is 5. The molecule has 0 aromatic rings. The van der Waals surface area contributed by atoms with Crippen molar-refractivity contribution in [2.75, 3.05) is 12.3 Å². The SMILES string of the molecule is CC(C)CC(N)C(=O)NC(CCC(=O)O)C(=O)NCC(=O)NC(CCC(=O)O)C(=O)NC(CS)C(=O)NC(C(=O)O)C(C)C. The fourth-order valence-corrected chi connectivity index (χ4v) is 3.99. The average Bonchev–Trinajstić information content (AvgIpc) is 2.91. The molecule has 18 heteroatoms. The molecule has 17 nitrogen and oxygen atoms in total. The molecule has 0 bridgehead atoms. The number of nitrogens with two attached hydrogens (primary N) is 1. The van der Waals surface area contributed by atoms with E-state index in [1.165, 1.54) is 0 Å². The lowest BCUT2D eigenvalue weighted by Gasteiger charge is -2.24. The highest BCUT2D eigenvalue weighted by molar-refractivity contribution is 7.80. The van der Waals surface area contributed by atoms with Crippen molar-refractivity contribution in [3.8, 4) is 0 Å². The topological polar surface area (TPSA) is 283 Å². The second-order valence-electron chi connectivity index (χ2n) is 10.8. The molecule has 0 heterocycles. The highest BCUT2D eigenvalue weighted by atomic mass is 32.1. The Bertz CT molecular complexity index is 1060. The van der Waals surface area contributed by atoms with E-state index in [1.807, 2.05) is 13.8 Å². The van der Waals surface area contributed by atoms with Crippen LogP contribution in [0.1, 0.15) is 59.8 Å². The van der Waals surface area contributed by atoms with E-state index in [1.54, 1.807) is 13.8 Å². The van der Waals surface area contributed by atoms with Crippen LogP contribution in [-0.4, -0.2) is 105 Å². The van der Waals surface area contributed by atoms with Gasteiger partial charge in [-0.1, -0.05) is 27.7 Å². The number of carbonyl (C=O) groups is 8. The van der Waals surface area contributed by atoms with Gasteiger partial charge in [-0.3, -0.25) is 33.6 Å². The van der Waals surface area contributed by atoms with Gasteiger partial charge in [0.1, 0.15) is 24.2 Å². The Morgan fingerprint density at radius 1 is 0.682 bits per heavy atom. The van der Waals surface area contributed by atoms with Crippen LogP contribution in [0.15, 0.2) is 0 Å². The third kappa shape index (κ3) is 16.1. The summed E-state index contributed by atoms with van der Waals surface area (Å²) >= 11 is 4.01. The van der Waals surface area contributed by atoms with Gasteiger partial charge in [0.15, 0.2) is 0 Å². The molecule has 0 aliphatic rings. The molecule has 5 atom stereocenters. The number of carboxylic acids is 3. The van der Waals surface area contributed by atoms with Crippen molar-refractivity contribution >= 4 is 60.1 Å². The van der Waals surface area contributed by atoms with E-state index >= 15 is 0 Å². The van der Waals surface area contributed by atoms with Crippen molar-refractivity contribution in [3.05, 3.63) is 0 Å². The fourth-order valence-electron chi connectivity index (χ4n) is 3.74. The van der Waals surface area contributed by atoms with Crippen molar-refractivity contribution in [1.29, 1.82) is 0 Å². The predicted octanol–water partition coefficient (Wildman–Crippen LogP) is -2.18. The minimum atomic E-state index is -1.48. The molecule has 0 aromatic carbocycles. The van der Waals surface area contributed by atoms with Gasteiger partial charge in [0.2, 0.25) is 29.5 Å².